The minimum Gasteiger partial charge on any atom is -0.410 e. The van der Waals surface area contributed by atoms with E-state index in [4.69, 9.17) is 23.6 Å². The van der Waals surface area contributed by atoms with Crippen molar-refractivity contribution in [3.8, 4) is 0 Å². The lowest BCUT2D eigenvalue weighted by molar-refractivity contribution is -0.138. The maximum atomic E-state index is 13.5. The summed E-state index contributed by atoms with van der Waals surface area (Å²) in [4.78, 5) is 9.90. The number of fused-ring (bicyclic) bond motifs is 4. The van der Waals surface area contributed by atoms with E-state index in [9.17, 15) is 13.2 Å². The van der Waals surface area contributed by atoms with E-state index in [0.29, 0.717) is 45.0 Å². The highest BCUT2D eigenvalue weighted by atomic mass is 28.4. The van der Waals surface area contributed by atoms with Crippen LogP contribution in [0.15, 0.2) is 18.3 Å². The van der Waals surface area contributed by atoms with E-state index in [1.807, 2.05) is 0 Å². The zero-order valence-electron chi connectivity index (χ0n) is 27.2. The lowest BCUT2D eigenvalue weighted by Crippen LogP contribution is -2.45. The van der Waals surface area contributed by atoms with E-state index < -0.39 is 31.8 Å². The van der Waals surface area contributed by atoms with Crippen LogP contribution in [0.25, 0.3) is 0 Å². The SMILES string of the molecule is CC1(C)Cc2nc(C3CCOCC3)c3c(c2C(O[Si](C)(C)C(C)(C)C)C1)C1(CCOCC1)OC3c1ccc(C(F)(F)F)cn1. The molecule has 2 fully saturated rings. The van der Waals surface area contributed by atoms with Crippen LogP contribution in [0.4, 0.5) is 13.2 Å². The number of alkyl halides is 3. The molecule has 0 saturated carbocycles. The predicted octanol–water partition coefficient (Wildman–Crippen LogP) is 8.55. The smallest absolute Gasteiger partial charge is 0.410 e. The number of rotatable bonds is 4. The van der Waals surface area contributed by atoms with Crippen molar-refractivity contribution >= 4 is 8.32 Å². The van der Waals surface area contributed by atoms with Crippen LogP contribution in [0.3, 0.4) is 0 Å². The van der Waals surface area contributed by atoms with Crippen LogP contribution < -0.4 is 0 Å². The Bertz CT molecular complexity index is 1370. The van der Waals surface area contributed by atoms with E-state index in [1.54, 1.807) is 0 Å². The van der Waals surface area contributed by atoms with Gasteiger partial charge in [0.25, 0.3) is 0 Å². The van der Waals surface area contributed by atoms with E-state index in [2.05, 4.69) is 52.7 Å². The fourth-order valence-electron chi connectivity index (χ4n) is 7.31. The van der Waals surface area contributed by atoms with Crippen LogP contribution in [0, 0.1) is 5.41 Å². The first-order valence-electron chi connectivity index (χ1n) is 16.1. The number of ether oxygens (including phenoxy) is 3. The summed E-state index contributed by atoms with van der Waals surface area (Å²) < 4.78 is 66.6. The number of hydrogen-bond acceptors (Lipinski definition) is 6. The average Bonchev–Trinajstić information content (AvgIpc) is 3.25. The first kappa shape index (κ1) is 32.1. The second-order valence-electron chi connectivity index (χ2n) is 15.5. The van der Waals surface area contributed by atoms with Gasteiger partial charge >= 0.3 is 6.18 Å². The molecule has 2 aromatic rings. The Morgan fingerprint density at radius 3 is 2.20 bits per heavy atom. The molecule has 242 valence electrons. The first-order chi connectivity index (χ1) is 20.5. The maximum absolute atomic E-state index is 13.5. The molecule has 0 N–H and O–H groups in total. The number of hydrogen-bond donors (Lipinski definition) is 0. The molecule has 2 unspecified atom stereocenters. The maximum Gasteiger partial charge on any atom is 0.417 e. The van der Waals surface area contributed by atoms with Gasteiger partial charge in [0, 0.05) is 68.2 Å². The number of halogens is 3. The molecule has 5 heterocycles. The number of aromatic nitrogens is 2. The van der Waals surface area contributed by atoms with Gasteiger partial charge in [-0.2, -0.15) is 13.2 Å². The second kappa shape index (κ2) is 11.1. The molecule has 1 aliphatic carbocycles. The van der Waals surface area contributed by atoms with Crippen LogP contribution in [0.1, 0.15) is 124 Å². The Kier molecular flexibility index (Phi) is 8.13. The zero-order chi connectivity index (χ0) is 31.7. The number of nitrogens with zero attached hydrogens (tertiary/aromatic N) is 2. The average molecular weight is 633 g/mol. The molecule has 2 saturated heterocycles. The van der Waals surface area contributed by atoms with Crippen molar-refractivity contribution in [3.05, 3.63) is 57.7 Å². The van der Waals surface area contributed by atoms with Gasteiger partial charge in [0.15, 0.2) is 8.32 Å². The van der Waals surface area contributed by atoms with E-state index in [-0.39, 0.29) is 22.5 Å². The molecule has 1 spiro atoms. The molecule has 2 aromatic heterocycles. The van der Waals surface area contributed by atoms with Gasteiger partial charge in [-0.15, -0.1) is 0 Å². The summed E-state index contributed by atoms with van der Waals surface area (Å²) in [6.07, 6.45) is 0.409. The monoisotopic (exact) mass is 632 g/mol. The lowest BCUT2D eigenvalue weighted by atomic mass is 9.69. The quantitative estimate of drug-likeness (QED) is 0.315. The van der Waals surface area contributed by atoms with E-state index in [0.717, 1.165) is 66.0 Å². The van der Waals surface area contributed by atoms with Crippen molar-refractivity contribution in [1.82, 2.24) is 9.97 Å². The van der Waals surface area contributed by atoms with Gasteiger partial charge in [0.05, 0.1) is 28.7 Å². The molecule has 0 bridgehead atoms. The Labute approximate surface area is 260 Å². The van der Waals surface area contributed by atoms with Crippen molar-refractivity contribution in [2.45, 2.75) is 121 Å². The third-order valence-electron chi connectivity index (χ3n) is 10.7. The molecule has 44 heavy (non-hydrogen) atoms. The van der Waals surface area contributed by atoms with Gasteiger partial charge in [-0.05, 0) is 66.9 Å². The lowest BCUT2D eigenvalue weighted by Gasteiger charge is -2.46. The normalized spacial score (nSPS) is 25.6. The molecule has 0 radical (unpaired) electrons. The van der Waals surface area contributed by atoms with Crippen molar-refractivity contribution in [1.29, 1.82) is 0 Å². The highest BCUT2D eigenvalue weighted by Crippen LogP contribution is 2.59. The molecule has 4 aliphatic rings. The van der Waals surface area contributed by atoms with Crippen molar-refractivity contribution < 1.29 is 31.8 Å². The Morgan fingerprint density at radius 2 is 1.61 bits per heavy atom. The predicted molar refractivity (Wildman–Crippen MR) is 164 cm³/mol. The van der Waals surface area contributed by atoms with Crippen LogP contribution in [0.5, 0.6) is 0 Å². The van der Waals surface area contributed by atoms with Crippen LogP contribution in [-0.4, -0.2) is 44.7 Å². The highest BCUT2D eigenvalue weighted by Gasteiger charge is 2.54. The summed E-state index contributed by atoms with van der Waals surface area (Å²) in [7, 11) is -2.20. The highest BCUT2D eigenvalue weighted by molar-refractivity contribution is 6.74. The minimum absolute atomic E-state index is 0.00903. The second-order valence-corrected chi connectivity index (χ2v) is 20.3. The largest absolute Gasteiger partial charge is 0.417 e. The summed E-state index contributed by atoms with van der Waals surface area (Å²) in [5, 5.41) is 0.0208. The Hall–Kier alpha value is -1.85. The van der Waals surface area contributed by atoms with Crippen LogP contribution in [0.2, 0.25) is 18.1 Å². The van der Waals surface area contributed by atoms with Crippen LogP contribution >= 0.6 is 0 Å². The van der Waals surface area contributed by atoms with Gasteiger partial charge in [-0.25, -0.2) is 0 Å². The molecule has 0 amide bonds. The fourth-order valence-corrected chi connectivity index (χ4v) is 8.58. The van der Waals surface area contributed by atoms with Gasteiger partial charge in [-0.3, -0.25) is 9.97 Å². The summed E-state index contributed by atoms with van der Waals surface area (Å²) in [5.74, 6) is 0.170. The molecule has 0 aromatic carbocycles. The summed E-state index contributed by atoms with van der Waals surface area (Å²) >= 11 is 0. The van der Waals surface area contributed by atoms with Crippen molar-refractivity contribution in [2.24, 2.45) is 5.41 Å². The van der Waals surface area contributed by atoms with Gasteiger partial charge in [0.2, 0.25) is 0 Å². The molecule has 10 heteroatoms. The minimum atomic E-state index is -4.46. The molecule has 3 aliphatic heterocycles. The van der Waals surface area contributed by atoms with E-state index in [1.165, 1.54) is 6.07 Å². The molecular formula is C34H47F3N2O4Si. The third-order valence-corrected chi connectivity index (χ3v) is 15.2. The van der Waals surface area contributed by atoms with Gasteiger partial charge < -0.3 is 18.6 Å². The summed E-state index contributed by atoms with van der Waals surface area (Å²) in [6.45, 7) is 18.4. The van der Waals surface area contributed by atoms with Crippen LogP contribution in [-0.2, 0) is 36.8 Å². The third kappa shape index (κ3) is 5.78. The molecule has 6 rings (SSSR count). The summed E-state index contributed by atoms with van der Waals surface area (Å²) in [6, 6.07) is 2.60. The Balaban J connectivity index is 1.60. The van der Waals surface area contributed by atoms with Gasteiger partial charge in [-0.1, -0.05) is 34.6 Å². The standard InChI is InChI=1S/C34H47F3N2O4Si/c1-31(2,3)44(6,7)43-25-19-32(4,5)18-24-26(25)28-27(29(39-24)21-10-14-40-15-11-21)30(42-33(28)12-16-41-17-13-33)23-9-8-22(20-38-23)34(35,36)37/h8-9,20-21,25,30H,10-19H2,1-7H3. The first-order valence-corrected chi connectivity index (χ1v) is 19.0. The summed E-state index contributed by atoms with van der Waals surface area (Å²) in [5.41, 5.74) is 4.44. The topological polar surface area (TPSA) is 62.7 Å². The number of pyridine rings is 2. The van der Waals surface area contributed by atoms with Gasteiger partial charge in [0.1, 0.15) is 6.10 Å². The Morgan fingerprint density at radius 1 is 0.955 bits per heavy atom. The molecule has 6 nitrogen and oxygen atoms in total. The fraction of sp³-hybridized carbons (Fsp3) is 0.706. The van der Waals surface area contributed by atoms with E-state index >= 15 is 0 Å². The molecule has 2 atom stereocenters. The molecular weight excluding hydrogens is 585 g/mol. The van der Waals surface area contributed by atoms with Crippen molar-refractivity contribution in [2.75, 3.05) is 26.4 Å². The zero-order valence-corrected chi connectivity index (χ0v) is 28.2. The van der Waals surface area contributed by atoms with Crippen molar-refractivity contribution in [3.63, 3.8) is 0 Å².